The number of urea groups is 2. The van der Waals surface area contributed by atoms with Gasteiger partial charge in [0.05, 0.1) is 56.7 Å². The van der Waals surface area contributed by atoms with E-state index in [0.717, 1.165) is 44.7 Å². The number of nitrogens with zero attached hydrogens (tertiary/aromatic N) is 8. The van der Waals surface area contributed by atoms with E-state index in [4.69, 9.17) is 48.0 Å². The Morgan fingerprint density at radius 2 is 1.03 bits per heavy atom. The maximum atomic E-state index is 13.2. The molecule has 12 rings (SSSR count). The second-order valence-corrected chi connectivity index (χ2v) is 27.0. The van der Waals surface area contributed by atoms with Gasteiger partial charge in [-0.25, -0.2) is 19.0 Å². The Bertz CT molecular complexity index is 4000. The normalized spacial score (nSPS) is 15.3. The number of hydrogen-bond acceptors (Lipinski definition) is 17. The number of thioether (sulfide) groups is 3. The zero-order valence-corrected chi connectivity index (χ0v) is 53.4. The van der Waals surface area contributed by atoms with E-state index in [1.807, 2.05) is 150 Å². The van der Waals surface area contributed by atoms with E-state index >= 15 is 0 Å². The van der Waals surface area contributed by atoms with E-state index in [9.17, 15) is 24.9 Å². The van der Waals surface area contributed by atoms with Gasteiger partial charge >= 0.3 is 12.1 Å². The van der Waals surface area contributed by atoms with E-state index in [2.05, 4.69) is 54.4 Å². The van der Waals surface area contributed by atoms with Gasteiger partial charge in [0.25, 0.3) is 0 Å². The summed E-state index contributed by atoms with van der Waals surface area (Å²) in [6.45, 7) is 12.8. The Morgan fingerprint density at radius 3 is 1.47 bits per heavy atom. The summed E-state index contributed by atoms with van der Waals surface area (Å²) in [5, 5.41) is 59.9. The molecule has 0 saturated carbocycles. The minimum absolute atomic E-state index is 0.00735. The number of fused-ring (bicyclic) bond motifs is 6. The molecule has 2 aromatic heterocycles. The van der Waals surface area contributed by atoms with Gasteiger partial charge < -0.3 is 60.1 Å². The molecule has 462 valence electrons. The van der Waals surface area contributed by atoms with Gasteiger partial charge in [-0.3, -0.25) is 10.6 Å². The molecule has 0 saturated heterocycles. The van der Waals surface area contributed by atoms with Crippen molar-refractivity contribution in [1.29, 1.82) is 0 Å². The fraction of sp³-hybridized carbons (Fsp3) is 0.250. The number of benzene rings is 6. The van der Waals surface area contributed by atoms with Gasteiger partial charge in [0.1, 0.15) is 52.9 Å². The number of anilines is 4. The third-order valence-electron chi connectivity index (χ3n) is 14.5. The number of phenols is 2. The number of carbonyl (C=O) groups excluding carboxylic acids is 2. The van der Waals surface area contributed by atoms with Crippen molar-refractivity contribution in [3.8, 4) is 45.9 Å². The molecule has 0 bridgehead atoms. The van der Waals surface area contributed by atoms with Crippen molar-refractivity contribution in [2.45, 2.75) is 86.2 Å². The molecule has 2 unspecified atom stereocenters. The van der Waals surface area contributed by atoms with Crippen molar-refractivity contribution in [3.05, 3.63) is 191 Å². The lowest BCUT2D eigenvalue weighted by molar-refractivity contribution is 0.152. The minimum Gasteiger partial charge on any atom is -0.506 e. The maximum Gasteiger partial charge on any atom is 0.320 e. The molecule has 4 aliphatic heterocycles. The Hall–Kier alpha value is -8.29. The molecule has 0 fully saturated rings. The molecule has 0 radical (unpaired) electrons. The van der Waals surface area contributed by atoms with E-state index < -0.39 is 12.1 Å². The number of aromatic nitrogens is 4. The van der Waals surface area contributed by atoms with Crippen LogP contribution in [0.3, 0.4) is 0 Å². The van der Waals surface area contributed by atoms with Crippen LogP contribution in [0.5, 0.6) is 34.5 Å². The molecule has 4 aliphatic rings. The van der Waals surface area contributed by atoms with Gasteiger partial charge in [-0.15, -0.1) is 11.8 Å². The Morgan fingerprint density at radius 1 is 0.584 bits per heavy atom. The lowest BCUT2D eigenvalue weighted by Gasteiger charge is -2.25. The first-order valence-corrected chi connectivity index (χ1v) is 32.0. The van der Waals surface area contributed by atoms with Crippen molar-refractivity contribution >= 4 is 93.6 Å². The van der Waals surface area contributed by atoms with Gasteiger partial charge in [0.15, 0.2) is 11.0 Å². The lowest BCUT2D eigenvalue weighted by Crippen LogP contribution is -2.33. The van der Waals surface area contributed by atoms with Crippen LogP contribution in [0.2, 0.25) is 10.0 Å². The molecular formula is C64H66Cl2N12O8S3. The number of para-hydroxylation sites is 2. The molecule has 8 aromatic rings. The highest BCUT2D eigenvalue weighted by Gasteiger charge is 2.38. The van der Waals surface area contributed by atoms with Crippen molar-refractivity contribution in [2.75, 3.05) is 45.4 Å². The second-order valence-electron chi connectivity index (χ2n) is 22.9. The first-order chi connectivity index (χ1) is 42.7. The Labute approximate surface area is 538 Å². The highest BCUT2D eigenvalue weighted by molar-refractivity contribution is 8.01. The predicted octanol–water partition coefficient (Wildman–Crippen LogP) is 13.9. The van der Waals surface area contributed by atoms with Gasteiger partial charge in [-0.05, 0) is 72.8 Å². The predicted molar refractivity (Wildman–Crippen MR) is 353 cm³/mol. The molecule has 89 heavy (non-hydrogen) atoms. The van der Waals surface area contributed by atoms with E-state index in [0.29, 0.717) is 51.8 Å². The van der Waals surface area contributed by atoms with Crippen LogP contribution in [0.15, 0.2) is 168 Å². The topological polar surface area (TPSA) is 230 Å². The van der Waals surface area contributed by atoms with E-state index in [1.165, 1.54) is 17.0 Å². The summed E-state index contributed by atoms with van der Waals surface area (Å²) >= 11 is 17.5. The number of aliphatic hydroxyl groups excluding tert-OH is 2. The van der Waals surface area contributed by atoms with Crippen LogP contribution in [0.25, 0.3) is 11.4 Å². The highest BCUT2D eigenvalue weighted by atomic mass is 35.5. The molecule has 25 heteroatoms. The van der Waals surface area contributed by atoms with Crippen LogP contribution >= 0.6 is 58.5 Å². The molecule has 8 N–H and O–H groups in total. The van der Waals surface area contributed by atoms with Crippen molar-refractivity contribution in [1.82, 2.24) is 40.0 Å². The first kappa shape index (κ1) is 62.3. The van der Waals surface area contributed by atoms with E-state index in [1.54, 1.807) is 68.9 Å². The SMILES string of the molecule is CC(C)(C)c1cc(NC(=O)NCc2ccccc2Oc2ccc3c(c2)N2C=CN(CO)C2S3)n(-c2ccc(O)c(Cl)c2)n1.CC(C)(C)c1cc(NC(=O)NCc2ccccc2Oc2ccc3c(c2)N2C=CN(CSCCO)C2S3)n(-c2ccc(O)c(Cl)c2)n1. The smallest absolute Gasteiger partial charge is 0.320 e. The molecular weight excluding hydrogens is 1230 g/mol. The minimum atomic E-state index is -0.420. The molecule has 6 heterocycles. The fourth-order valence-corrected chi connectivity index (χ4v) is 13.3. The molecule has 4 amide bonds. The van der Waals surface area contributed by atoms with Gasteiger partial charge in [-0.2, -0.15) is 10.2 Å². The van der Waals surface area contributed by atoms with Crippen LogP contribution in [-0.2, 0) is 23.9 Å². The summed E-state index contributed by atoms with van der Waals surface area (Å²) in [4.78, 5) is 37.0. The number of nitrogens with one attached hydrogen (secondary N) is 4. The Balaban J connectivity index is 0.000000184. The number of amides is 4. The quantitative estimate of drug-likeness (QED) is 0.0396. The molecule has 6 aromatic carbocycles. The summed E-state index contributed by atoms with van der Waals surface area (Å²) in [6.07, 6.45) is 7.99. The number of aromatic hydroxyl groups is 2. The van der Waals surface area contributed by atoms with Crippen molar-refractivity contribution in [3.63, 3.8) is 0 Å². The number of aliphatic hydroxyl groups is 2. The van der Waals surface area contributed by atoms with Crippen LogP contribution < -0.4 is 40.5 Å². The zero-order chi connectivity index (χ0) is 62.7. The zero-order valence-electron chi connectivity index (χ0n) is 49.4. The summed E-state index contributed by atoms with van der Waals surface area (Å²) < 4.78 is 15.8. The number of rotatable bonds is 17. The summed E-state index contributed by atoms with van der Waals surface area (Å²) in [5.74, 6) is 4.99. The third-order valence-corrected chi connectivity index (χ3v) is 18.6. The van der Waals surface area contributed by atoms with Gasteiger partial charge in [-0.1, -0.05) is 125 Å². The summed E-state index contributed by atoms with van der Waals surface area (Å²) in [5.41, 5.74) is 6.06. The summed E-state index contributed by atoms with van der Waals surface area (Å²) in [6, 6.07) is 39.5. The van der Waals surface area contributed by atoms with Gasteiger partial charge in [0, 0.05) is 99.7 Å². The molecule has 0 spiro atoms. The third kappa shape index (κ3) is 14.1. The van der Waals surface area contributed by atoms with Crippen LogP contribution in [0.4, 0.5) is 32.6 Å². The van der Waals surface area contributed by atoms with Crippen molar-refractivity contribution < 1.29 is 39.5 Å². The lowest BCUT2D eigenvalue weighted by atomic mass is 9.92. The Kier molecular flexibility index (Phi) is 18.5. The monoisotopic (exact) mass is 1300 g/mol. The fourth-order valence-electron chi connectivity index (χ4n) is 9.73. The molecule has 2 atom stereocenters. The average molecular weight is 1300 g/mol. The summed E-state index contributed by atoms with van der Waals surface area (Å²) in [7, 11) is 0. The second kappa shape index (κ2) is 26.4. The number of phenolic OH excluding ortho intramolecular Hbond substituents is 2. The van der Waals surface area contributed by atoms with Crippen LogP contribution in [-0.4, -0.2) is 97.8 Å². The number of carbonyl (C=O) groups is 2. The molecule has 20 nitrogen and oxygen atoms in total. The maximum absolute atomic E-state index is 13.2. The largest absolute Gasteiger partial charge is 0.506 e. The number of hydrogen-bond donors (Lipinski definition) is 8. The van der Waals surface area contributed by atoms with E-state index in [-0.39, 0.29) is 69.8 Å². The average Bonchev–Trinajstić information content (AvgIpc) is 1.70. The van der Waals surface area contributed by atoms with Gasteiger partial charge in [0.2, 0.25) is 0 Å². The van der Waals surface area contributed by atoms with Crippen LogP contribution in [0, 0.1) is 0 Å². The number of ether oxygens (including phenoxy) is 2. The first-order valence-electron chi connectivity index (χ1n) is 28.4. The molecule has 0 aliphatic carbocycles. The standard InChI is InChI=1S/C33H35ClN6O4S2.C31H31ClN6O4S/c1-33(2,3)29-18-30(40(37-29)22-8-10-26(42)24(34)16-22)36-31(43)35-19-21-6-4-5-7-27(21)44-23-9-11-28-25(17-23)39-13-12-38(32(39)46-28)20-45-15-14-41;1-31(2,3)27-16-28(38(35-27)20-8-10-24(40)22(32)14-20)34-29(41)33-17-19-6-4-5-7-25(19)42-21-9-11-26-23(15-21)37-13-12-36(18-39)30(37)43-26/h4-13,16-18,32,41-42H,14-15,19-20H2,1-3H3,(H2,35,36,43);4-16,30,39-40H,17-18H2,1-3H3,(H2,33,34,41). The van der Waals surface area contributed by atoms with Crippen LogP contribution in [0.1, 0.15) is 64.1 Å². The van der Waals surface area contributed by atoms with Crippen molar-refractivity contribution in [2.24, 2.45) is 0 Å². The number of halogens is 2. The highest BCUT2D eigenvalue weighted by Crippen LogP contribution is 2.51.